The number of fused-ring (bicyclic) bond motifs is 1. The number of rotatable bonds is 2. The van der Waals surface area contributed by atoms with Gasteiger partial charge in [0.15, 0.2) is 17.6 Å². The van der Waals surface area contributed by atoms with Crippen LogP contribution < -0.4 is 11.5 Å². The van der Waals surface area contributed by atoms with Crippen LogP contribution in [0.3, 0.4) is 0 Å². The van der Waals surface area contributed by atoms with Crippen LogP contribution in [0.2, 0.25) is 0 Å². The fourth-order valence-electron chi connectivity index (χ4n) is 2.53. The molecule has 0 saturated carbocycles. The highest BCUT2D eigenvalue weighted by molar-refractivity contribution is 6.20. The summed E-state index contributed by atoms with van der Waals surface area (Å²) >= 11 is 0. The van der Waals surface area contributed by atoms with Crippen LogP contribution in [0, 0.1) is 6.92 Å². The molecule has 0 bridgehead atoms. The summed E-state index contributed by atoms with van der Waals surface area (Å²) in [6, 6.07) is 8.50. The lowest BCUT2D eigenvalue weighted by atomic mass is 9.89. The minimum atomic E-state index is -1.56. The van der Waals surface area contributed by atoms with Crippen LogP contribution in [0.4, 0.5) is 0 Å². The van der Waals surface area contributed by atoms with Gasteiger partial charge in [0.1, 0.15) is 5.76 Å². The zero-order valence-electron chi connectivity index (χ0n) is 11.8. The third kappa shape index (κ3) is 1.85. The molecule has 1 unspecified atom stereocenters. The van der Waals surface area contributed by atoms with Crippen LogP contribution in [-0.4, -0.2) is 22.8 Å². The summed E-state index contributed by atoms with van der Waals surface area (Å²) in [4.78, 5) is 25.0. The number of aliphatic hydroxyl groups excluding tert-OH is 1. The fraction of sp³-hybridized carbons (Fsp3) is 0.125. The van der Waals surface area contributed by atoms with Gasteiger partial charge in [0.2, 0.25) is 5.78 Å². The number of hydrogen-bond donors (Lipinski definition) is 3. The van der Waals surface area contributed by atoms with Gasteiger partial charge in [-0.15, -0.1) is 0 Å². The summed E-state index contributed by atoms with van der Waals surface area (Å²) in [5, 5.41) is 9.88. The Morgan fingerprint density at radius 1 is 1.23 bits per heavy atom. The molecule has 1 aromatic carbocycles. The van der Waals surface area contributed by atoms with Gasteiger partial charge in [-0.1, -0.05) is 30.3 Å². The zero-order chi connectivity index (χ0) is 16.0. The Kier molecular flexibility index (Phi) is 3.11. The van der Waals surface area contributed by atoms with Crippen LogP contribution >= 0.6 is 0 Å². The van der Waals surface area contributed by atoms with E-state index in [4.69, 9.17) is 15.9 Å². The number of aliphatic hydroxyl groups is 1. The average molecular weight is 298 g/mol. The van der Waals surface area contributed by atoms with E-state index in [0.717, 1.165) is 0 Å². The predicted octanol–water partition coefficient (Wildman–Crippen LogP) is 0.962. The maximum absolute atomic E-state index is 12.7. The molecule has 112 valence electrons. The van der Waals surface area contributed by atoms with Crippen molar-refractivity contribution in [2.45, 2.75) is 13.0 Å². The van der Waals surface area contributed by atoms with Gasteiger partial charge >= 0.3 is 0 Å². The van der Waals surface area contributed by atoms with Crippen LogP contribution in [0.1, 0.15) is 37.8 Å². The molecule has 2 aromatic rings. The van der Waals surface area contributed by atoms with Crippen molar-refractivity contribution in [3.05, 3.63) is 64.2 Å². The molecule has 22 heavy (non-hydrogen) atoms. The highest BCUT2D eigenvalue weighted by Crippen LogP contribution is 2.34. The number of nitrogens with two attached hydrogens (primary N) is 2. The Bertz CT molecular complexity index is 818. The highest BCUT2D eigenvalue weighted by Gasteiger charge is 2.38. The summed E-state index contributed by atoms with van der Waals surface area (Å²) in [7, 11) is 0. The van der Waals surface area contributed by atoms with Gasteiger partial charge in [0, 0.05) is 5.56 Å². The van der Waals surface area contributed by atoms with Gasteiger partial charge in [0.25, 0.3) is 0 Å². The molecular weight excluding hydrogens is 284 g/mol. The molecule has 1 heterocycles. The lowest BCUT2D eigenvalue weighted by molar-refractivity contribution is 0.0793. The molecule has 0 radical (unpaired) electrons. The van der Waals surface area contributed by atoms with Crippen molar-refractivity contribution < 1.29 is 19.1 Å². The quantitative estimate of drug-likeness (QED) is 0.710. The van der Waals surface area contributed by atoms with E-state index in [1.165, 1.54) is 0 Å². The van der Waals surface area contributed by atoms with Crippen molar-refractivity contribution in [1.82, 2.24) is 0 Å². The number of hydrogen-bond acceptors (Lipinski definition) is 6. The van der Waals surface area contributed by atoms with E-state index in [1.54, 1.807) is 37.3 Å². The van der Waals surface area contributed by atoms with E-state index < -0.39 is 11.9 Å². The predicted molar refractivity (Wildman–Crippen MR) is 79.0 cm³/mol. The molecule has 6 nitrogen and oxygen atoms in total. The molecule has 5 N–H and O–H groups in total. The Balaban J connectivity index is 2.23. The lowest BCUT2D eigenvalue weighted by Crippen LogP contribution is -2.35. The second-order valence-electron chi connectivity index (χ2n) is 5.07. The molecular formula is C16H14N2O4. The Morgan fingerprint density at radius 3 is 2.50 bits per heavy atom. The van der Waals surface area contributed by atoms with Crippen molar-refractivity contribution in [2.24, 2.45) is 11.5 Å². The van der Waals surface area contributed by atoms with Crippen molar-refractivity contribution in [3.8, 4) is 0 Å². The minimum absolute atomic E-state index is 0.00875. The van der Waals surface area contributed by atoms with E-state index in [-0.39, 0.29) is 39.8 Å². The number of benzene rings is 1. The van der Waals surface area contributed by atoms with E-state index in [9.17, 15) is 14.7 Å². The molecule has 0 amide bonds. The summed E-state index contributed by atoms with van der Waals surface area (Å²) in [6.07, 6.45) is -1.56. The summed E-state index contributed by atoms with van der Waals surface area (Å²) in [5.74, 6) is -0.739. The summed E-state index contributed by atoms with van der Waals surface area (Å²) < 4.78 is 5.47. The van der Waals surface area contributed by atoms with Crippen molar-refractivity contribution in [3.63, 3.8) is 0 Å². The summed E-state index contributed by atoms with van der Waals surface area (Å²) in [6.45, 7) is 1.57. The first-order chi connectivity index (χ1) is 10.4. The molecule has 6 heteroatoms. The number of ketones is 2. The topological polar surface area (TPSA) is 120 Å². The SMILES string of the molecule is Cc1oc2c(c1C(=O)c1ccccc1)C(=O)C(O)C(N)=C2N. The average Bonchev–Trinajstić information content (AvgIpc) is 2.88. The molecule has 0 aliphatic heterocycles. The monoisotopic (exact) mass is 298 g/mol. The maximum Gasteiger partial charge on any atom is 0.202 e. The van der Waals surface area contributed by atoms with Gasteiger partial charge in [-0.25, -0.2) is 0 Å². The van der Waals surface area contributed by atoms with Gasteiger partial charge in [-0.3, -0.25) is 9.59 Å². The molecule has 3 rings (SSSR count). The number of furan rings is 1. The zero-order valence-corrected chi connectivity index (χ0v) is 11.8. The molecule has 0 spiro atoms. The van der Waals surface area contributed by atoms with Gasteiger partial charge in [0.05, 0.1) is 22.5 Å². The van der Waals surface area contributed by atoms with E-state index in [0.29, 0.717) is 5.56 Å². The van der Waals surface area contributed by atoms with E-state index in [1.807, 2.05) is 0 Å². The number of carbonyl (C=O) groups excluding carboxylic acids is 2. The molecule has 1 aliphatic carbocycles. The third-order valence-corrected chi connectivity index (χ3v) is 3.69. The second kappa shape index (κ2) is 4.85. The fourth-order valence-corrected chi connectivity index (χ4v) is 2.53. The smallest absolute Gasteiger partial charge is 0.202 e. The molecule has 1 aromatic heterocycles. The van der Waals surface area contributed by atoms with E-state index in [2.05, 4.69) is 0 Å². The largest absolute Gasteiger partial charge is 0.458 e. The Hall–Kier alpha value is -2.86. The summed E-state index contributed by atoms with van der Waals surface area (Å²) in [5.41, 5.74) is 11.8. The number of carbonyl (C=O) groups is 2. The molecule has 1 aliphatic rings. The van der Waals surface area contributed by atoms with Crippen LogP contribution in [0.25, 0.3) is 5.70 Å². The first-order valence-electron chi connectivity index (χ1n) is 6.64. The van der Waals surface area contributed by atoms with Crippen molar-refractivity contribution >= 4 is 17.3 Å². The van der Waals surface area contributed by atoms with Crippen molar-refractivity contribution in [2.75, 3.05) is 0 Å². The van der Waals surface area contributed by atoms with E-state index >= 15 is 0 Å². The Morgan fingerprint density at radius 2 is 1.86 bits per heavy atom. The van der Waals surface area contributed by atoms with Gasteiger partial charge < -0.3 is 21.0 Å². The third-order valence-electron chi connectivity index (χ3n) is 3.69. The first kappa shape index (κ1) is 14.1. The maximum atomic E-state index is 12.7. The second-order valence-corrected chi connectivity index (χ2v) is 5.07. The van der Waals surface area contributed by atoms with Crippen molar-refractivity contribution in [1.29, 1.82) is 0 Å². The number of aryl methyl sites for hydroxylation is 1. The lowest BCUT2D eigenvalue weighted by Gasteiger charge is -2.18. The van der Waals surface area contributed by atoms with Gasteiger partial charge in [-0.05, 0) is 6.92 Å². The normalized spacial score (nSPS) is 17.5. The molecule has 0 fully saturated rings. The number of Topliss-reactive ketones (excluding diaryl/α,β-unsaturated/α-hetero) is 1. The highest BCUT2D eigenvalue weighted by atomic mass is 16.3. The molecule has 0 saturated heterocycles. The Labute approximate surface area is 126 Å². The van der Waals surface area contributed by atoms with Crippen LogP contribution in [-0.2, 0) is 0 Å². The molecule has 1 atom stereocenters. The standard InChI is InChI=1S/C16H14N2O4/c1-7-9(13(19)8-5-3-2-4-6-8)10-14(20)15(21)11(17)12(18)16(10)22-7/h2-6,15,21H,17-18H2,1H3. The van der Waals surface area contributed by atoms with Crippen LogP contribution in [0.15, 0.2) is 40.4 Å². The minimum Gasteiger partial charge on any atom is -0.458 e. The van der Waals surface area contributed by atoms with Gasteiger partial charge in [-0.2, -0.15) is 0 Å². The first-order valence-corrected chi connectivity index (χ1v) is 6.64. The van der Waals surface area contributed by atoms with Crippen LogP contribution in [0.5, 0.6) is 0 Å².